The molecule has 0 aliphatic heterocycles. The fourth-order valence-corrected chi connectivity index (χ4v) is 1.49. The van der Waals surface area contributed by atoms with E-state index >= 15 is 0 Å². The Hall–Kier alpha value is -1.45. The number of nitro groups is 1. The standard InChI is InChI=1S/C10H25N7O2/c11-5-1-2-6-14-8-9(12)4-3-7-15-10(13)16-17(18)19/h9,14H,1-8,11-12H2,(H3,13,15,16). The third kappa shape index (κ3) is 12.8. The Bertz CT molecular complexity index is 273. The van der Waals surface area contributed by atoms with E-state index in [-0.39, 0.29) is 12.0 Å². The van der Waals surface area contributed by atoms with Gasteiger partial charge in [-0.2, -0.15) is 0 Å². The van der Waals surface area contributed by atoms with Gasteiger partial charge in [-0.3, -0.25) is 0 Å². The fraction of sp³-hybridized carbons (Fsp3) is 0.900. The van der Waals surface area contributed by atoms with Crippen LogP contribution in [0.25, 0.3) is 0 Å². The van der Waals surface area contributed by atoms with Crippen LogP contribution in [0.15, 0.2) is 5.10 Å². The van der Waals surface area contributed by atoms with Crippen molar-refractivity contribution in [2.24, 2.45) is 22.3 Å². The molecule has 1 atom stereocenters. The fourth-order valence-electron chi connectivity index (χ4n) is 1.49. The van der Waals surface area contributed by atoms with Gasteiger partial charge < -0.3 is 27.8 Å². The molecule has 0 bridgehead atoms. The number of nitrogens with zero attached hydrogens (tertiary/aromatic N) is 2. The highest BCUT2D eigenvalue weighted by Crippen LogP contribution is 1.92. The van der Waals surface area contributed by atoms with Crippen molar-refractivity contribution in [1.29, 1.82) is 0 Å². The third-order valence-electron chi connectivity index (χ3n) is 2.46. The summed E-state index contributed by atoms with van der Waals surface area (Å²) in [6.07, 6.45) is 3.65. The number of guanidine groups is 1. The SMILES string of the molecule is NCCCCNCC(N)CCCNC(N)=N[N+](=O)[O-]. The predicted molar refractivity (Wildman–Crippen MR) is 75.0 cm³/mol. The molecular formula is C10H25N7O2. The molecule has 0 saturated carbocycles. The first-order chi connectivity index (χ1) is 9.06. The summed E-state index contributed by atoms with van der Waals surface area (Å²) in [6, 6.07) is 0.0633. The zero-order chi connectivity index (χ0) is 14.5. The summed E-state index contributed by atoms with van der Waals surface area (Å²) < 4.78 is 0. The Morgan fingerprint density at radius 1 is 1.32 bits per heavy atom. The van der Waals surface area contributed by atoms with Gasteiger partial charge in [0.15, 0.2) is 5.03 Å². The van der Waals surface area contributed by atoms with Crippen LogP contribution in [0.3, 0.4) is 0 Å². The van der Waals surface area contributed by atoms with Gasteiger partial charge in [0.1, 0.15) is 5.10 Å². The van der Waals surface area contributed by atoms with Gasteiger partial charge in [-0.1, -0.05) is 0 Å². The van der Waals surface area contributed by atoms with Crippen LogP contribution in [0.4, 0.5) is 0 Å². The van der Waals surface area contributed by atoms with E-state index in [9.17, 15) is 10.1 Å². The van der Waals surface area contributed by atoms with E-state index in [1.54, 1.807) is 0 Å². The molecule has 19 heavy (non-hydrogen) atoms. The summed E-state index contributed by atoms with van der Waals surface area (Å²) in [4.78, 5) is 10.0. The molecule has 0 saturated heterocycles. The quantitative estimate of drug-likeness (QED) is 0.101. The molecule has 8 N–H and O–H groups in total. The van der Waals surface area contributed by atoms with Crippen LogP contribution in [0.2, 0.25) is 0 Å². The van der Waals surface area contributed by atoms with Gasteiger partial charge in [0.05, 0.1) is 0 Å². The van der Waals surface area contributed by atoms with E-state index in [0.29, 0.717) is 13.1 Å². The van der Waals surface area contributed by atoms with E-state index < -0.39 is 5.03 Å². The number of nitrogens with one attached hydrogen (secondary N) is 2. The zero-order valence-electron chi connectivity index (χ0n) is 11.2. The predicted octanol–water partition coefficient (Wildman–Crippen LogP) is -1.48. The van der Waals surface area contributed by atoms with Gasteiger partial charge in [-0.05, 0) is 38.8 Å². The van der Waals surface area contributed by atoms with Gasteiger partial charge in [-0.15, -0.1) is 0 Å². The molecule has 0 radical (unpaired) electrons. The largest absolute Gasteiger partial charge is 0.365 e. The lowest BCUT2D eigenvalue weighted by atomic mass is 10.1. The summed E-state index contributed by atoms with van der Waals surface area (Å²) >= 11 is 0. The lowest BCUT2D eigenvalue weighted by Gasteiger charge is -2.12. The minimum atomic E-state index is -0.834. The zero-order valence-corrected chi connectivity index (χ0v) is 11.2. The van der Waals surface area contributed by atoms with Crippen molar-refractivity contribution in [2.75, 3.05) is 26.2 Å². The molecule has 0 aromatic rings. The van der Waals surface area contributed by atoms with E-state index in [1.165, 1.54) is 0 Å². The van der Waals surface area contributed by atoms with Crippen LogP contribution in [0.5, 0.6) is 0 Å². The normalized spacial score (nSPS) is 13.3. The molecule has 0 rings (SSSR count). The lowest BCUT2D eigenvalue weighted by molar-refractivity contribution is -0.485. The van der Waals surface area contributed by atoms with Crippen LogP contribution >= 0.6 is 0 Å². The number of hydrazone groups is 1. The molecule has 0 heterocycles. The summed E-state index contributed by atoms with van der Waals surface area (Å²) in [6.45, 7) is 2.91. The Kier molecular flexibility index (Phi) is 10.7. The first-order valence-corrected chi connectivity index (χ1v) is 6.45. The lowest BCUT2D eigenvalue weighted by Crippen LogP contribution is -2.36. The Morgan fingerprint density at radius 3 is 2.68 bits per heavy atom. The van der Waals surface area contributed by atoms with Crippen LogP contribution in [0, 0.1) is 10.1 Å². The second kappa shape index (κ2) is 11.6. The molecule has 9 heteroatoms. The number of rotatable bonds is 11. The van der Waals surface area contributed by atoms with Crippen LogP contribution < -0.4 is 27.8 Å². The van der Waals surface area contributed by atoms with Crippen molar-refractivity contribution in [3.05, 3.63) is 10.1 Å². The maximum Gasteiger partial charge on any atom is 0.266 e. The van der Waals surface area contributed by atoms with E-state index in [0.717, 1.165) is 38.8 Å². The van der Waals surface area contributed by atoms with Crippen molar-refractivity contribution in [2.45, 2.75) is 31.7 Å². The van der Waals surface area contributed by atoms with Gasteiger partial charge >= 0.3 is 0 Å². The third-order valence-corrected chi connectivity index (χ3v) is 2.46. The summed E-state index contributed by atoms with van der Waals surface area (Å²) in [5, 5.41) is 18.0. The first kappa shape index (κ1) is 17.6. The number of nitrogens with two attached hydrogens (primary N) is 3. The topological polar surface area (TPSA) is 158 Å². The monoisotopic (exact) mass is 275 g/mol. The maximum atomic E-state index is 10.0. The first-order valence-electron chi connectivity index (χ1n) is 6.45. The average Bonchev–Trinajstić information content (AvgIpc) is 2.33. The molecule has 1 unspecified atom stereocenters. The Balaban J connectivity index is 3.43. The van der Waals surface area contributed by atoms with Crippen LogP contribution in [0.1, 0.15) is 25.7 Å². The molecular weight excluding hydrogens is 250 g/mol. The number of unbranched alkanes of at least 4 members (excludes halogenated alkanes) is 1. The summed E-state index contributed by atoms with van der Waals surface area (Å²) in [7, 11) is 0. The highest BCUT2D eigenvalue weighted by Gasteiger charge is 2.02. The number of hydrogen-bond acceptors (Lipinski definition) is 5. The molecule has 0 aromatic heterocycles. The second-order valence-corrected chi connectivity index (χ2v) is 4.25. The smallest absolute Gasteiger partial charge is 0.266 e. The molecule has 0 amide bonds. The minimum absolute atomic E-state index is 0.0633. The molecule has 9 nitrogen and oxygen atoms in total. The molecule has 0 aromatic carbocycles. The molecule has 0 spiro atoms. The van der Waals surface area contributed by atoms with Crippen molar-refractivity contribution in [1.82, 2.24) is 10.6 Å². The number of hydrogen-bond donors (Lipinski definition) is 5. The van der Waals surface area contributed by atoms with Crippen molar-refractivity contribution in [3.63, 3.8) is 0 Å². The maximum absolute atomic E-state index is 10.0. The van der Waals surface area contributed by atoms with Gasteiger partial charge in [0, 0.05) is 19.1 Å². The second-order valence-electron chi connectivity index (χ2n) is 4.25. The minimum Gasteiger partial charge on any atom is -0.365 e. The summed E-state index contributed by atoms with van der Waals surface area (Å²) in [5.41, 5.74) is 16.5. The van der Waals surface area contributed by atoms with Gasteiger partial charge in [0.25, 0.3) is 5.96 Å². The van der Waals surface area contributed by atoms with E-state index in [1.807, 2.05) is 0 Å². The Labute approximate surface area is 113 Å². The van der Waals surface area contributed by atoms with Gasteiger partial charge in [0.2, 0.25) is 0 Å². The molecule has 0 aliphatic carbocycles. The summed E-state index contributed by atoms with van der Waals surface area (Å²) in [5.74, 6) is -0.182. The van der Waals surface area contributed by atoms with Crippen LogP contribution in [-0.4, -0.2) is 43.2 Å². The van der Waals surface area contributed by atoms with Crippen molar-refractivity contribution < 1.29 is 5.03 Å². The molecule has 112 valence electrons. The molecule has 0 fully saturated rings. The van der Waals surface area contributed by atoms with Crippen LogP contribution in [-0.2, 0) is 0 Å². The van der Waals surface area contributed by atoms with Crippen molar-refractivity contribution >= 4 is 5.96 Å². The highest BCUT2D eigenvalue weighted by molar-refractivity contribution is 5.76. The van der Waals surface area contributed by atoms with Gasteiger partial charge in [-0.25, -0.2) is 10.1 Å². The van der Waals surface area contributed by atoms with Crippen molar-refractivity contribution in [3.8, 4) is 0 Å². The Morgan fingerprint density at radius 2 is 2.05 bits per heavy atom. The highest BCUT2D eigenvalue weighted by atomic mass is 16.7. The van der Waals surface area contributed by atoms with E-state index in [2.05, 4.69) is 15.7 Å². The average molecular weight is 275 g/mol. The van der Waals surface area contributed by atoms with E-state index in [4.69, 9.17) is 17.2 Å². The molecule has 0 aliphatic rings.